The highest BCUT2D eigenvalue weighted by Gasteiger charge is 2.72. The lowest BCUT2D eigenvalue weighted by Crippen LogP contribution is -2.67. The number of fused-ring (bicyclic) bond motifs is 5. The smallest absolute Gasteiger partial charge is 0.311 e. The molecule has 3 saturated carbocycles. The number of ketones is 1. The molecule has 18 nitrogen and oxygen atoms in total. The molecule has 6 fully saturated rings. The number of aliphatic hydroxyl groups is 6. The molecule has 26 atom stereocenters. The number of alkyl halides is 1. The third kappa shape index (κ3) is 12.0. The molecule has 0 bridgehead atoms. The summed E-state index contributed by atoms with van der Waals surface area (Å²) >= 11 is 0. The van der Waals surface area contributed by atoms with E-state index in [2.05, 4.69) is 10.6 Å². The number of carbonyl (C=O) groups excluding carboxylic acids is 3. The van der Waals surface area contributed by atoms with Crippen LogP contribution in [0.3, 0.4) is 0 Å². The minimum absolute atomic E-state index is 0.0773. The van der Waals surface area contributed by atoms with E-state index in [-0.39, 0.29) is 67.8 Å². The maximum atomic E-state index is 17.9. The fraction of sp³-hybridized carbons (Fsp3) is 0.883. The third-order valence-corrected chi connectivity index (χ3v) is 21.0. The zero-order valence-electron chi connectivity index (χ0n) is 49.9. The first-order chi connectivity index (χ1) is 36.8. The van der Waals surface area contributed by atoms with Gasteiger partial charge in [0.1, 0.15) is 30.0 Å². The highest BCUT2D eigenvalue weighted by molar-refractivity contribution is 6.01. The summed E-state index contributed by atoms with van der Waals surface area (Å²) in [7, 11) is 3.24. The molecule has 19 heteroatoms. The molecule has 0 spiro atoms. The second kappa shape index (κ2) is 24.2. The van der Waals surface area contributed by atoms with Gasteiger partial charge in [-0.25, -0.2) is 4.39 Å². The summed E-state index contributed by atoms with van der Waals surface area (Å²) < 4.78 is 56.0. The number of ether oxygens (including phenoxy) is 6. The van der Waals surface area contributed by atoms with Crippen molar-refractivity contribution in [1.29, 1.82) is 0 Å². The first-order valence-electron chi connectivity index (χ1n) is 29.6. The molecule has 8 N–H and O–H groups in total. The summed E-state index contributed by atoms with van der Waals surface area (Å²) in [4.78, 5) is 43.6. The molecule has 7 aliphatic rings. The number of carbonyl (C=O) groups is 3. The van der Waals surface area contributed by atoms with Crippen LogP contribution in [0.1, 0.15) is 148 Å². The number of hydrogen-bond acceptors (Lipinski definition) is 17. The molecule has 0 aromatic heterocycles. The van der Waals surface area contributed by atoms with Crippen LogP contribution in [0, 0.1) is 52.3 Å². The number of nitrogens with one attached hydrogen (secondary N) is 2. The lowest BCUT2D eigenvalue weighted by atomic mass is 9.45. The number of methoxy groups -OCH3 is 1. The molecule has 3 saturated heterocycles. The lowest BCUT2D eigenvalue weighted by molar-refractivity contribution is -0.316. The van der Waals surface area contributed by atoms with Crippen molar-refractivity contribution in [2.24, 2.45) is 52.3 Å². The quantitative estimate of drug-likeness (QED) is 0.0977. The van der Waals surface area contributed by atoms with Crippen LogP contribution >= 0.6 is 0 Å². The van der Waals surface area contributed by atoms with Crippen molar-refractivity contribution in [2.45, 2.75) is 250 Å². The van der Waals surface area contributed by atoms with Crippen molar-refractivity contribution in [3.05, 3.63) is 23.8 Å². The number of hydrogen-bond donors (Lipinski definition) is 8. The van der Waals surface area contributed by atoms with Crippen LogP contribution in [-0.4, -0.2) is 189 Å². The van der Waals surface area contributed by atoms with Crippen LogP contribution < -0.4 is 10.6 Å². The Bertz CT molecular complexity index is 2220. The summed E-state index contributed by atoms with van der Waals surface area (Å²) in [5, 5.41) is 78.7. The van der Waals surface area contributed by atoms with Gasteiger partial charge in [0.05, 0.1) is 47.6 Å². The first-order valence-corrected chi connectivity index (χ1v) is 29.6. The van der Waals surface area contributed by atoms with E-state index in [0.717, 1.165) is 0 Å². The van der Waals surface area contributed by atoms with E-state index >= 15 is 4.39 Å². The topological polar surface area (TPSA) is 255 Å². The Balaban J connectivity index is 1.14. The Kier molecular flexibility index (Phi) is 19.7. The molecule has 2 unspecified atom stereocenters. The van der Waals surface area contributed by atoms with E-state index in [4.69, 9.17) is 28.4 Å². The number of rotatable bonds is 12. The first kappa shape index (κ1) is 64.1. The van der Waals surface area contributed by atoms with Gasteiger partial charge in [-0.05, 0) is 149 Å². The summed E-state index contributed by atoms with van der Waals surface area (Å²) in [5.41, 5.74) is -7.87. The van der Waals surface area contributed by atoms with Crippen LogP contribution in [0.4, 0.5) is 4.39 Å². The van der Waals surface area contributed by atoms with Gasteiger partial charge in [0.15, 0.2) is 24.0 Å². The summed E-state index contributed by atoms with van der Waals surface area (Å²) in [6, 6.07) is -1.15. The van der Waals surface area contributed by atoms with E-state index in [1.807, 2.05) is 32.6 Å². The fourth-order valence-electron chi connectivity index (χ4n) is 16.4. The van der Waals surface area contributed by atoms with Gasteiger partial charge in [0.2, 0.25) is 5.91 Å². The lowest BCUT2D eigenvalue weighted by Gasteiger charge is -2.61. The van der Waals surface area contributed by atoms with Crippen molar-refractivity contribution in [3.8, 4) is 0 Å². The van der Waals surface area contributed by atoms with Crippen LogP contribution in [0.5, 0.6) is 0 Å². The fourth-order valence-corrected chi connectivity index (χ4v) is 16.4. The Morgan fingerprint density at radius 3 is 2.24 bits per heavy atom. The number of cyclic esters (lactones) is 1. The standard InChI is InChI=1S/C60H100FN3O15/c1-16-44-59(13,73)49(68)36(7)64(23-17-22-63-52(70)46-32(3)24-41-40-19-18-38-26-39(65)20-21-56(38,10)60(40,61)43(66)28-55(41,46)9)30-31(2)27-57(11,72)51(79-54-47(67)42(62-14)25-33(4)75-54)34(5)48(35(6)53(71)77-44)78-45-29-58(12,74-15)50(69)37(8)76-45/h20-21,26,31-37,40-51,54,62,66-69,72-73H,16-19,22-25,27-30H2,1-15H3,(H,63,70)/t31-,32-,33-,34+,35-,36-,37+,40?,41?,42+,43+,44-,45+,46-,47-,48+,49-,50+,51-,54+,55+,56+,57-,58-,59-,60+/m1/s1. The highest BCUT2D eigenvalue weighted by Crippen LogP contribution is 2.69. The zero-order valence-corrected chi connectivity index (χ0v) is 49.9. The van der Waals surface area contributed by atoms with Crippen LogP contribution in [-0.2, 0) is 42.8 Å². The molecule has 3 aliphatic heterocycles. The van der Waals surface area contributed by atoms with Crippen LogP contribution in [0.25, 0.3) is 0 Å². The van der Waals surface area contributed by atoms with Crippen LogP contribution in [0.2, 0.25) is 0 Å². The molecule has 7 rings (SSSR count). The highest BCUT2D eigenvalue weighted by atomic mass is 19.1. The van der Waals surface area contributed by atoms with Crippen LogP contribution in [0.15, 0.2) is 23.8 Å². The minimum atomic E-state index is -2.00. The average molecular weight is 1120 g/mol. The Labute approximate surface area is 469 Å². The molecular weight excluding hydrogens is 1020 g/mol. The number of amides is 1. The second-order valence-corrected chi connectivity index (χ2v) is 26.8. The summed E-state index contributed by atoms with van der Waals surface area (Å²) in [5.74, 6) is -4.64. The predicted octanol–water partition coefficient (Wildman–Crippen LogP) is 4.67. The number of halogens is 1. The van der Waals surface area contributed by atoms with Gasteiger partial charge in [-0.15, -0.1) is 0 Å². The van der Waals surface area contributed by atoms with Crippen molar-refractivity contribution in [3.63, 3.8) is 0 Å². The minimum Gasteiger partial charge on any atom is -0.459 e. The second-order valence-electron chi connectivity index (χ2n) is 26.8. The summed E-state index contributed by atoms with van der Waals surface area (Å²) in [6.45, 7) is 24.1. The molecule has 79 heavy (non-hydrogen) atoms. The number of esters is 1. The predicted molar refractivity (Wildman–Crippen MR) is 293 cm³/mol. The molecule has 0 aromatic rings. The number of nitrogens with zero attached hydrogens (tertiary/aromatic N) is 1. The van der Waals surface area contributed by atoms with Crippen molar-refractivity contribution in [2.75, 3.05) is 33.8 Å². The number of aliphatic hydroxyl groups excluding tert-OH is 4. The zero-order chi connectivity index (χ0) is 58.7. The maximum Gasteiger partial charge on any atom is 0.311 e. The summed E-state index contributed by atoms with van der Waals surface area (Å²) in [6.07, 6.45) is -4.15. The van der Waals surface area contributed by atoms with E-state index < -0.39 is 136 Å². The monoisotopic (exact) mass is 1120 g/mol. The van der Waals surface area contributed by atoms with Gasteiger partial charge in [-0.3, -0.25) is 19.3 Å². The average Bonchev–Trinajstić information content (AvgIpc) is 2.65. The van der Waals surface area contributed by atoms with Gasteiger partial charge in [0, 0.05) is 68.4 Å². The van der Waals surface area contributed by atoms with E-state index in [0.29, 0.717) is 50.8 Å². The maximum absolute atomic E-state index is 17.9. The Morgan fingerprint density at radius 2 is 1.59 bits per heavy atom. The third-order valence-electron chi connectivity index (χ3n) is 21.0. The Hall–Kier alpha value is -2.50. The van der Waals surface area contributed by atoms with Gasteiger partial charge >= 0.3 is 5.97 Å². The molecule has 4 aliphatic carbocycles. The Morgan fingerprint density at radius 1 is 0.911 bits per heavy atom. The molecule has 0 radical (unpaired) electrons. The van der Waals surface area contributed by atoms with Crippen molar-refractivity contribution in [1.82, 2.24) is 15.5 Å². The van der Waals surface area contributed by atoms with Gasteiger partial charge < -0.3 is 69.7 Å². The van der Waals surface area contributed by atoms with Crippen molar-refractivity contribution < 1.29 is 77.8 Å². The number of likely N-dealkylation sites (N-methyl/N-ethyl adjacent to an activating group) is 1. The SMILES string of the molecule is CC[C@H]1OC(=O)[C@H](C)[C@@H](O[C@H]2C[C@@](C)(OC)[C@@H](O)[C@H](C)O2)[C@H](C)[C@@H](O[C@@H]2O[C@H](C)C[C@H](NC)[C@H]2O)[C@](C)(O)C[C@@H](C)CN(CCCNC(=O)[C@H]2[C@H](C)CC3C4CCC5=CC(=O)C=C[C@]5(C)[C@@]4(F)[C@@H](O)C[C@@]32C)[C@H](C)[C@@H](O)[C@]1(C)O. The molecule has 452 valence electrons. The van der Waals surface area contributed by atoms with E-state index in [9.17, 15) is 45.0 Å². The van der Waals surface area contributed by atoms with Crippen molar-refractivity contribution >= 4 is 17.7 Å². The van der Waals surface area contributed by atoms with Gasteiger partial charge in [-0.1, -0.05) is 46.3 Å². The van der Waals surface area contributed by atoms with Gasteiger partial charge in [-0.2, -0.15) is 0 Å². The molecular formula is C60H100FN3O15. The normalized spacial score (nSPS) is 50.3. The van der Waals surface area contributed by atoms with E-state index in [1.54, 1.807) is 68.5 Å². The molecule has 1 amide bonds. The van der Waals surface area contributed by atoms with Gasteiger partial charge in [0.25, 0.3) is 0 Å². The molecule has 0 aromatic carbocycles. The van der Waals surface area contributed by atoms with E-state index in [1.165, 1.54) is 26.2 Å². The largest absolute Gasteiger partial charge is 0.459 e. The molecule has 3 heterocycles. The number of allylic oxidation sites excluding steroid dienone is 4.